The molecule has 2 atom stereocenters. The van der Waals surface area contributed by atoms with E-state index < -0.39 is 0 Å². The van der Waals surface area contributed by atoms with E-state index in [0.717, 1.165) is 0 Å². The SMILES string of the molecule is CC[C@@H]1[C-]=CC2=C1CCCC2.CC[C@H]1[C-]=CC2=C1CCCC2.C[C](C)=[Zr+2].[Cl-].[Cl-]. The Balaban J connectivity index is 0.000000415. The second kappa shape index (κ2) is 15.1. The van der Waals surface area contributed by atoms with Crippen molar-refractivity contribution in [3.8, 4) is 0 Å². The van der Waals surface area contributed by atoms with Crippen LogP contribution in [0.1, 0.15) is 91.9 Å². The van der Waals surface area contributed by atoms with Crippen LogP contribution in [-0.2, 0) is 24.2 Å². The molecule has 4 rings (SSSR count). The van der Waals surface area contributed by atoms with Crippen LogP contribution in [0.15, 0.2) is 34.4 Å². The molecule has 0 fully saturated rings. The molecule has 4 aliphatic rings. The third-order valence-electron chi connectivity index (χ3n) is 5.68. The topological polar surface area (TPSA) is 0 Å². The average Bonchev–Trinajstić information content (AvgIpc) is 3.25. The number of rotatable bonds is 2. The molecule has 0 amide bonds. The number of halogens is 2. The molecule has 0 N–H and O–H groups in total. The van der Waals surface area contributed by atoms with Crippen molar-refractivity contribution in [2.75, 3.05) is 0 Å². The predicted octanol–water partition coefficient (Wildman–Crippen LogP) is 1.27. The Bertz CT molecular complexity index is 558. The van der Waals surface area contributed by atoms with Crippen LogP contribution in [0.25, 0.3) is 0 Å². The van der Waals surface area contributed by atoms with E-state index in [2.05, 4.69) is 52.0 Å². The van der Waals surface area contributed by atoms with Crippen LogP contribution >= 0.6 is 0 Å². The molecule has 0 unspecified atom stereocenters. The van der Waals surface area contributed by atoms with Crippen molar-refractivity contribution < 1.29 is 49.0 Å². The van der Waals surface area contributed by atoms with Crippen molar-refractivity contribution in [3.63, 3.8) is 0 Å². The number of hydrogen-bond donors (Lipinski definition) is 0. The normalized spacial score (nSPS) is 24.1. The second-order valence-corrected chi connectivity index (χ2v) is 10.5. The van der Waals surface area contributed by atoms with Crippen molar-refractivity contribution in [3.05, 3.63) is 46.6 Å². The quantitative estimate of drug-likeness (QED) is 0.503. The Morgan fingerprint density at radius 3 is 1.43 bits per heavy atom. The molecule has 0 heterocycles. The molecular weight excluding hydrogens is 462 g/mol. The van der Waals surface area contributed by atoms with Crippen molar-refractivity contribution in [2.24, 2.45) is 11.8 Å². The molecule has 0 saturated carbocycles. The van der Waals surface area contributed by atoms with E-state index in [1.807, 2.05) is 0 Å². The van der Waals surface area contributed by atoms with Gasteiger partial charge in [0, 0.05) is 0 Å². The Kier molecular flexibility index (Phi) is 15.3. The summed E-state index contributed by atoms with van der Waals surface area (Å²) < 4.78 is 1.51. The Labute approximate surface area is 201 Å². The third-order valence-corrected chi connectivity index (χ3v) is 5.68. The van der Waals surface area contributed by atoms with E-state index in [9.17, 15) is 0 Å². The molecule has 0 radical (unpaired) electrons. The van der Waals surface area contributed by atoms with Gasteiger partial charge in [-0.3, -0.25) is 12.2 Å². The van der Waals surface area contributed by atoms with E-state index in [4.69, 9.17) is 0 Å². The fraction of sp³-hybridized carbons (Fsp3) is 0.640. The van der Waals surface area contributed by atoms with Crippen LogP contribution in [0.3, 0.4) is 0 Å². The van der Waals surface area contributed by atoms with E-state index in [0.29, 0.717) is 11.8 Å². The molecule has 28 heavy (non-hydrogen) atoms. The molecule has 0 saturated heterocycles. The van der Waals surface area contributed by atoms with Crippen LogP contribution in [0.2, 0.25) is 0 Å². The fourth-order valence-electron chi connectivity index (χ4n) is 4.36. The van der Waals surface area contributed by atoms with Crippen molar-refractivity contribution in [2.45, 2.75) is 91.9 Å². The molecular formula is C25H36Cl2Zr-2. The van der Waals surface area contributed by atoms with E-state index in [-0.39, 0.29) is 24.8 Å². The van der Waals surface area contributed by atoms with Gasteiger partial charge in [-0.2, -0.15) is 22.3 Å². The van der Waals surface area contributed by atoms with Gasteiger partial charge in [-0.1, -0.05) is 77.0 Å². The summed E-state index contributed by atoms with van der Waals surface area (Å²) in [4.78, 5) is 0. The van der Waals surface area contributed by atoms with Crippen LogP contribution in [-0.4, -0.2) is 3.21 Å². The Morgan fingerprint density at radius 1 is 0.786 bits per heavy atom. The minimum Gasteiger partial charge on any atom is -1.00 e. The van der Waals surface area contributed by atoms with Gasteiger partial charge in [0.2, 0.25) is 0 Å². The first-order valence-corrected chi connectivity index (χ1v) is 11.9. The summed E-state index contributed by atoms with van der Waals surface area (Å²) in [5.41, 5.74) is 6.64. The van der Waals surface area contributed by atoms with Gasteiger partial charge in [0.15, 0.2) is 0 Å². The minimum atomic E-state index is 0. The van der Waals surface area contributed by atoms with Gasteiger partial charge < -0.3 is 24.8 Å². The zero-order chi connectivity index (χ0) is 18.9. The zero-order valence-electron chi connectivity index (χ0n) is 18.1. The Hall–Kier alpha value is 0.293. The van der Waals surface area contributed by atoms with Crippen molar-refractivity contribution in [1.82, 2.24) is 0 Å². The Morgan fingerprint density at radius 2 is 1.11 bits per heavy atom. The standard InChI is InChI=1S/2C11H15.C3H6.2ClH.Zr/c2*1-2-9-7-8-10-5-3-4-6-11(9)10;1-3-2;;;/h2*8-9H,2-6H2,1H3;1-2H3;2*1H;/q2*-1;;;;+2/p-2/t2*9-;;;;/m10..../s1. The van der Waals surface area contributed by atoms with Crippen LogP contribution in [0.4, 0.5) is 0 Å². The molecule has 4 aliphatic carbocycles. The molecule has 0 spiro atoms. The number of allylic oxidation sites excluding steroid dienone is 8. The maximum atomic E-state index is 3.45. The second-order valence-electron chi connectivity index (χ2n) is 8.06. The summed E-state index contributed by atoms with van der Waals surface area (Å²) >= 11 is 1.55. The summed E-state index contributed by atoms with van der Waals surface area (Å²) in [6, 6.07) is 0. The van der Waals surface area contributed by atoms with Crippen molar-refractivity contribution in [1.29, 1.82) is 0 Å². The molecule has 3 heteroatoms. The third kappa shape index (κ3) is 8.57. The van der Waals surface area contributed by atoms with E-state index >= 15 is 0 Å². The van der Waals surface area contributed by atoms with E-state index in [1.54, 1.807) is 46.5 Å². The minimum absolute atomic E-state index is 0. The van der Waals surface area contributed by atoms with Crippen LogP contribution < -0.4 is 24.8 Å². The van der Waals surface area contributed by atoms with Gasteiger partial charge in [0.25, 0.3) is 0 Å². The smallest absolute Gasteiger partial charge is 1.00 e. The summed E-state index contributed by atoms with van der Waals surface area (Å²) in [6.45, 7) is 8.77. The molecule has 0 aromatic carbocycles. The van der Waals surface area contributed by atoms with Gasteiger partial charge in [-0.05, 0) is 12.8 Å². The van der Waals surface area contributed by atoms with Gasteiger partial charge in [0.05, 0.1) is 0 Å². The molecule has 156 valence electrons. The maximum Gasteiger partial charge on any atom is -1.00 e. The van der Waals surface area contributed by atoms with Gasteiger partial charge in [-0.15, -0.1) is 0 Å². The predicted molar refractivity (Wildman–Crippen MR) is 111 cm³/mol. The maximum absolute atomic E-state index is 3.45. The molecule has 0 aromatic rings. The van der Waals surface area contributed by atoms with Crippen LogP contribution in [0.5, 0.6) is 0 Å². The number of hydrogen-bond acceptors (Lipinski definition) is 0. The first-order chi connectivity index (χ1) is 12.6. The average molecular weight is 499 g/mol. The van der Waals surface area contributed by atoms with Gasteiger partial charge in [0.1, 0.15) is 0 Å². The molecule has 0 aliphatic heterocycles. The first kappa shape index (κ1) is 28.3. The summed E-state index contributed by atoms with van der Waals surface area (Å²) in [5, 5.41) is 0. The molecule has 0 nitrogen and oxygen atoms in total. The molecule has 0 bridgehead atoms. The van der Waals surface area contributed by atoms with Gasteiger partial charge >= 0.3 is 41.3 Å². The monoisotopic (exact) mass is 496 g/mol. The van der Waals surface area contributed by atoms with Gasteiger partial charge in [-0.25, -0.2) is 12.2 Å². The summed E-state index contributed by atoms with van der Waals surface area (Å²) in [6.07, 6.45) is 24.8. The fourth-order valence-corrected chi connectivity index (χ4v) is 4.36. The molecule has 0 aromatic heterocycles. The van der Waals surface area contributed by atoms with E-state index in [1.165, 1.54) is 67.4 Å². The first-order valence-electron chi connectivity index (χ1n) is 10.7. The van der Waals surface area contributed by atoms with Crippen LogP contribution in [0, 0.1) is 24.0 Å². The summed E-state index contributed by atoms with van der Waals surface area (Å²) in [7, 11) is 0. The largest absolute Gasteiger partial charge is 1.00 e. The zero-order valence-corrected chi connectivity index (χ0v) is 22.1. The summed E-state index contributed by atoms with van der Waals surface area (Å²) in [5.74, 6) is 1.37. The van der Waals surface area contributed by atoms with Crippen molar-refractivity contribution >= 4 is 3.21 Å².